The van der Waals surface area contributed by atoms with Gasteiger partial charge in [0, 0.05) is 30.3 Å². The van der Waals surface area contributed by atoms with Gasteiger partial charge in [-0.3, -0.25) is 9.36 Å². The second-order valence-electron chi connectivity index (χ2n) is 4.49. The standard InChI is InChI=1S/C14H17N3OS/c1-10-7-11(2)9-12(8-10)17-5-4-16-14(17)19-6-3-13(15)18/h4-5,7-9H,3,6H2,1-2H3,(H2,15,18). The summed E-state index contributed by atoms with van der Waals surface area (Å²) in [5.41, 5.74) is 8.67. The van der Waals surface area contributed by atoms with Gasteiger partial charge in [-0.15, -0.1) is 0 Å². The van der Waals surface area contributed by atoms with Crippen molar-refractivity contribution in [2.24, 2.45) is 5.73 Å². The minimum absolute atomic E-state index is 0.281. The summed E-state index contributed by atoms with van der Waals surface area (Å²) >= 11 is 1.54. The van der Waals surface area contributed by atoms with Crippen LogP contribution in [0.4, 0.5) is 0 Å². The maximum atomic E-state index is 10.8. The maximum absolute atomic E-state index is 10.8. The van der Waals surface area contributed by atoms with Crippen LogP contribution in [0.5, 0.6) is 0 Å². The molecular weight excluding hydrogens is 258 g/mol. The molecule has 0 spiro atoms. The van der Waals surface area contributed by atoms with Gasteiger partial charge in [0.25, 0.3) is 0 Å². The first kappa shape index (κ1) is 13.7. The molecule has 4 nitrogen and oxygen atoms in total. The molecule has 0 aliphatic heterocycles. The number of aromatic nitrogens is 2. The Morgan fingerprint density at radius 3 is 2.63 bits per heavy atom. The minimum atomic E-state index is -0.281. The summed E-state index contributed by atoms with van der Waals surface area (Å²) in [6.45, 7) is 4.15. The third-order valence-electron chi connectivity index (χ3n) is 2.67. The van der Waals surface area contributed by atoms with E-state index in [-0.39, 0.29) is 5.91 Å². The number of imidazole rings is 1. The highest BCUT2D eigenvalue weighted by Gasteiger charge is 2.07. The minimum Gasteiger partial charge on any atom is -0.370 e. The molecule has 1 aromatic heterocycles. The Bertz CT molecular complexity index is 572. The first-order valence-corrected chi connectivity index (χ1v) is 7.08. The van der Waals surface area contributed by atoms with Crippen LogP contribution in [0.2, 0.25) is 0 Å². The van der Waals surface area contributed by atoms with Gasteiger partial charge in [-0.05, 0) is 37.1 Å². The van der Waals surface area contributed by atoms with Gasteiger partial charge >= 0.3 is 0 Å². The van der Waals surface area contributed by atoms with E-state index in [0.717, 1.165) is 10.8 Å². The largest absolute Gasteiger partial charge is 0.370 e. The third-order valence-corrected chi connectivity index (χ3v) is 3.64. The number of nitrogens with zero attached hydrogens (tertiary/aromatic N) is 2. The van der Waals surface area contributed by atoms with Gasteiger partial charge in [-0.2, -0.15) is 0 Å². The fourth-order valence-corrected chi connectivity index (χ4v) is 2.85. The zero-order valence-electron chi connectivity index (χ0n) is 11.1. The van der Waals surface area contributed by atoms with Crippen LogP contribution in [0.3, 0.4) is 0 Å². The molecule has 0 saturated heterocycles. The number of thioether (sulfide) groups is 1. The van der Waals surface area contributed by atoms with Crippen LogP contribution in [0.15, 0.2) is 35.7 Å². The van der Waals surface area contributed by atoms with Gasteiger partial charge < -0.3 is 5.73 Å². The van der Waals surface area contributed by atoms with Crippen molar-refractivity contribution in [3.63, 3.8) is 0 Å². The smallest absolute Gasteiger partial charge is 0.218 e. The number of hydrogen-bond donors (Lipinski definition) is 1. The van der Waals surface area contributed by atoms with E-state index in [1.807, 2.05) is 10.8 Å². The average molecular weight is 275 g/mol. The van der Waals surface area contributed by atoms with E-state index >= 15 is 0 Å². The Morgan fingerprint density at radius 2 is 2.00 bits per heavy atom. The Hall–Kier alpha value is -1.75. The Labute approximate surface area is 117 Å². The molecule has 0 radical (unpaired) electrons. The predicted octanol–water partition coefficient (Wildman–Crippen LogP) is 2.46. The summed E-state index contributed by atoms with van der Waals surface area (Å²) in [6, 6.07) is 6.37. The molecule has 0 atom stereocenters. The van der Waals surface area contributed by atoms with E-state index in [0.29, 0.717) is 12.2 Å². The first-order valence-electron chi connectivity index (χ1n) is 6.09. The molecular formula is C14H17N3OS. The van der Waals surface area contributed by atoms with Crippen molar-refractivity contribution >= 4 is 17.7 Å². The number of benzene rings is 1. The molecule has 0 aliphatic rings. The molecule has 0 unspecified atom stereocenters. The zero-order chi connectivity index (χ0) is 13.8. The maximum Gasteiger partial charge on any atom is 0.218 e. The van der Waals surface area contributed by atoms with E-state index in [1.165, 1.54) is 22.9 Å². The summed E-state index contributed by atoms with van der Waals surface area (Å²) in [7, 11) is 0. The number of primary amides is 1. The quantitative estimate of drug-likeness (QED) is 0.853. The van der Waals surface area contributed by atoms with Crippen LogP contribution in [0.1, 0.15) is 17.5 Å². The van der Waals surface area contributed by atoms with Crippen molar-refractivity contribution < 1.29 is 4.79 Å². The van der Waals surface area contributed by atoms with Gasteiger partial charge in [0.05, 0.1) is 0 Å². The molecule has 2 aromatic rings. The van der Waals surface area contributed by atoms with Gasteiger partial charge in [-0.1, -0.05) is 17.8 Å². The SMILES string of the molecule is Cc1cc(C)cc(-n2ccnc2SCCC(N)=O)c1. The first-order chi connectivity index (χ1) is 9.06. The van der Waals surface area contributed by atoms with Gasteiger partial charge in [-0.25, -0.2) is 4.98 Å². The van der Waals surface area contributed by atoms with Gasteiger partial charge in [0.15, 0.2) is 5.16 Å². The number of amides is 1. The highest BCUT2D eigenvalue weighted by atomic mass is 32.2. The van der Waals surface area contributed by atoms with Crippen LogP contribution in [0, 0.1) is 13.8 Å². The summed E-state index contributed by atoms with van der Waals surface area (Å²) < 4.78 is 2.03. The molecule has 19 heavy (non-hydrogen) atoms. The van der Waals surface area contributed by atoms with E-state index in [9.17, 15) is 4.79 Å². The monoisotopic (exact) mass is 275 g/mol. The molecule has 1 heterocycles. The highest BCUT2D eigenvalue weighted by Crippen LogP contribution is 2.22. The van der Waals surface area contributed by atoms with Crippen molar-refractivity contribution in [2.45, 2.75) is 25.4 Å². The third kappa shape index (κ3) is 3.61. The molecule has 0 fully saturated rings. The molecule has 1 aromatic carbocycles. The number of carbonyl (C=O) groups excluding carboxylic acids is 1. The summed E-state index contributed by atoms with van der Waals surface area (Å²) in [4.78, 5) is 15.1. The summed E-state index contributed by atoms with van der Waals surface area (Å²) in [6.07, 6.45) is 4.06. The van der Waals surface area contributed by atoms with E-state index in [4.69, 9.17) is 5.73 Å². The molecule has 100 valence electrons. The normalized spacial score (nSPS) is 10.6. The predicted molar refractivity (Wildman–Crippen MR) is 77.6 cm³/mol. The van der Waals surface area contributed by atoms with E-state index in [2.05, 4.69) is 37.0 Å². The van der Waals surface area contributed by atoms with Crippen molar-refractivity contribution in [2.75, 3.05) is 5.75 Å². The summed E-state index contributed by atoms with van der Waals surface area (Å²) in [5.74, 6) is 0.369. The van der Waals surface area contributed by atoms with E-state index in [1.54, 1.807) is 6.20 Å². The van der Waals surface area contributed by atoms with Gasteiger partial charge in [0.1, 0.15) is 0 Å². The fraction of sp³-hybridized carbons (Fsp3) is 0.286. The molecule has 0 aliphatic carbocycles. The van der Waals surface area contributed by atoms with Crippen LogP contribution in [-0.2, 0) is 4.79 Å². The fourth-order valence-electron chi connectivity index (χ4n) is 1.93. The molecule has 2 N–H and O–H groups in total. The van der Waals surface area contributed by atoms with Crippen LogP contribution in [0.25, 0.3) is 5.69 Å². The second kappa shape index (κ2) is 5.93. The van der Waals surface area contributed by atoms with Crippen LogP contribution >= 0.6 is 11.8 Å². The second-order valence-corrected chi connectivity index (χ2v) is 5.55. The van der Waals surface area contributed by atoms with Crippen molar-refractivity contribution in [3.05, 3.63) is 41.7 Å². The molecule has 2 rings (SSSR count). The van der Waals surface area contributed by atoms with E-state index < -0.39 is 0 Å². The number of nitrogens with two attached hydrogens (primary N) is 1. The van der Waals surface area contributed by atoms with Crippen molar-refractivity contribution in [3.8, 4) is 5.69 Å². The topological polar surface area (TPSA) is 60.9 Å². The number of rotatable bonds is 5. The van der Waals surface area contributed by atoms with Crippen molar-refractivity contribution in [1.29, 1.82) is 0 Å². The van der Waals surface area contributed by atoms with Crippen molar-refractivity contribution in [1.82, 2.24) is 9.55 Å². The number of hydrogen-bond acceptors (Lipinski definition) is 3. The lowest BCUT2D eigenvalue weighted by atomic mass is 10.1. The summed E-state index contributed by atoms with van der Waals surface area (Å²) in [5, 5.41) is 0.881. The molecule has 0 saturated carbocycles. The zero-order valence-corrected chi connectivity index (χ0v) is 11.9. The lowest BCUT2D eigenvalue weighted by Crippen LogP contribution is -2.11. The average Bonchev–Trinajstić information content (AvgIpc) is 2.75. The van der Waals surface area contributed by atoms with Gasteiger partial charge in [0.2, 0.25) is 5.91 Å². The number of carbonyl (C=O) groups is 1. The Balaban J connectivity index is 2.21. The highest BCUT2D eigenvalue weighted by molar-refractivity contribution is 7.99. The Morgan fingerprint density at radius 1 is 1.32 bits per heavy atom. The van der Waals surface area contributed by atoms with Crippen LogP contribution < -0.4 is 5.73 Å². The molecule has 1 amide bonds. The number of aryl methyl sites for hydroxylation is 2. The Kier molecular flexibility index (Phi) is 4.27. The molecule has 5 heteroatoms. The lowest BCUT2D eigenvalue weighted by molar-refractivity contribution is -0.117. The molecule has 0 bridgehead atoms. The van der Waals surface area contributed by atoms with Crippen LogP contribution in [-0.4, -0.2) is 21.2 Å². The lowest BCUT2D eigenvalue weighted by Gasteiger charge is -2.09.